The number of hydrogen-bond acceptors (Lipinski definition) is 2. The zero-order valence-electron chi connectivity index (χ0n) is 7.84. The Balaban J connectivity index is 2.41. The number of amides is 1. The molecule has 1 aromatic carbocycles. The van der Waals surface area contributed by atoms with Gasteiger partial charge in [0.05, 0.1) is 0 Å². The van der Waals surface area contributed by atoms with Gasteiger partial charge in [0.25, 0.3) is 5.91 Å². The summed E-state index contributed by atoms with van der Waals surface area (Å²) in [5, 5.41) is 9.90. The second kappa shape index (κ2) is 2.96. The molecule has 0 saturated heterocycles. The number of para-hydroxylation sites is 1. The average molecular weight is 189 g/mol. The lowest BCUT2D eigenvalue weighted by Crippen LogP contribution is -2.43. The molecule has 1 N–H and O–H groups in total. The summed E-state index contributed by atoms with van der Waals surface area (Å²) in [5.41, 5.74) is -0.508. The van der Waals surface area contributed by atoms with Gasteiger partial charge in [-0.1, -0.05) is 18.2 Å². The second-order valence-corrected chi connectivity index (χ2v) is 3.44. The van der Waals surface area contributed by atoms with Crippen LogP contribution in [0.1, 0.15) is 6.92 Å². The Morgan fingerprint density at radius 3 is 2.43 bits per heavy atom. The fourth-order valence-corrected chi connectivity index (χ4v) is 1.57. The molecule has 1 heterocycles. The zero-order chi connectivity index (χ0) is 10.2. The number of aliphatic hydroxyl groups is 1. The molecule has 0 aliphatic carbocycles. The van der Waals surface area contributed by atoms with Crippen molar-refractivity contribution >= 4 is 11.6 Å². The molecule has 1 aliphatic rings. The molecule has 1 atom stereocenters. The van der Waals surface area contributed by atoms with E-state index < -0.39 is 5.72 Å². The molecular formula is C11H11NO2. The summed E-state index contributed by atoms with van der Waals surface area (Å²) < 4.78 is 0. The van der Waals surface area contributed by atoms with Gasteiger partial charge in [-0.05, 0) is 25.1 Å². The number of nitrogens with zero attached hydrogens (tertiary/aromatic N) is 1. The third-order valence-electron chi connectivity index (χ3n) is 2.23. The largest absolute Gasteiger partial charge is 0.367 e. The highest BCUT2D eigenvalue weighted by Gasteiger charge is 2.35. The number of rotatable bonds is 1. The van der Waals surface area contributed by atoms with Gasteiger partial charge in [0.2, 0.25) is 0 Å². The summed E-state index contributed by atoms with van der Waals surface area (Å²) in [6.07, 6.45) is 2.87. The Morgan fingerprint density at radius 2 is 1.93 bits per heavy atom. The first-order valence-corrected chi connectivity index (χ1v) is 4.42. The predicted octanol–water partition coefficient (Wildman–Crippen LogP) is 1.30. The number of carbonyl (C=O) groups excluding carboxylic acids is 1. The molecule has 1 aliphatic heterocycles. The van der Waals surface area contributed by atoms with Crippen LogP contribution in [-0.2, 0) is 4.79 Å². The van der Waals surface area contributed by atoms with Crippen LogP contribution >= 0.6 is 0 Å². The highest BCUT2D eigenvalue weighted by atomic mass is 16.3. The zero-order valence-corrected chi connectivity index (χ0v) is 7.84. The van der Waals surface area contributed by atoms with Crippen LogP contribution in [0.3, 0.4) is 0 Å². The summed E-state index contributed by atoms with van der Waals surface area (Å²) in [6.45, 7) is 1.58. The SMILES string of the molecule is CC1(O)C=CC(=O)N1c1ccccc1. The van der Waals surface area contributed by atoms with Crippen LogP contribution in [0.5, 0.6) is 0 Å². The number of carbonyl (C=O) groups is 1. The van der Waals surface area contributed by atoms with E-state index in [1.54, 1.807) is 19.1 Å². The van der Waals surface area contributed by atoms with Crippen molar-refractivity contribution in [2.75, 3.05) is 4.90 Å². The van der Waals surface area contributed by atoms with E-state index in [0.29, 0.717) is 5.69 Å². The van der Waals surface area contributed by atoms with Crippen LogP contribution in [0.25, 0.3) is 0 Å². The number of benzene rings is 1. The van der Waals surface area contributed by atoms with Gasteiger partial charge in [0, 0.05) is 11.8 Å². The monoisotopic (exact) mass is 189 g/mol. The minimum absolute atomic E-state index is 0.193. The smallest absolute Gasteiger partial charge is 0.253 e. The molecule has 0 saturated carbocycles. The third-order valence-corrected chi connectivity index (χ3v) is 2.23. The van der Waals surface area contributed by atoms with Crippen molar-refractivity contribution in [3.63, 3.8) is 0 Å². The minimum Gasteiger partial charge on any atom is -0.367 e. The molecule has 3 heteroatoms. The lowest BCUT2D eigenvalue weighted by atomic mass is 10.2. The van der Waals surface area contributed by atoms with Crippen LogP contribution in [0, 0.1) is 0 Å². The van der Waals surface area contributed by atoms with Gasteiger partial charge in [-0.15, -0.1) is 0 Å². The molecule has 0 fully saturated rings. The van der Waals surface area contributed by atoms with Gasteiger partial charge in [-0.25, -0.2) is 0 Å². The van der Waals surface area contributed by atoms with Crippen molar-refractivity contribution in [3.8, 4) is 0 Å². The third kappa shape index (κ3) is 1.32. The molecule has 2 rings (SSSR count). The molecule has 1 aromatic rings. The first-order chi connectivity index (χ1) is 6.61. The predicted molar refractivity (Wildman–Crippen MR) is 53.7 cm³/mol. The summed E-state index contributed by atoms with van der Waals surface area (Å²) in [5.74, 6) is -0.193. The molecule has 1 unspecified atom stereocenters. The van der Waals surface area contributed by atoms with E-state index >= 15 is 0 Å². The maximum absolute atomic E-state index is 11.5. The summed E-state index contributed by atoms with van der Waals surface area (Å²) in [7, 11) is 0. The summed E-state index contributed by atoms with van der Waals surface area (Å²) in [4.78, 5) is 12.8. The Morgan fingerprint density at radius 1 is 1.29 bits per heavy atom. The maximum Gasteiger partial charge on any atom is 0.253 e. The second-order valence-electron chi connectivity index (χ2n) is 3.44. The molecule has 0 aromatic heterocycles. The minimum atomic E-state index is -1.21. The summed E-state index contributed by atoms with van der Waals surface area (Å²) in [6, 6.07) is 9.11. The van der Waals surface area contributed by atoms with Crippen molar-refractivity contribution in [2.24, 2.45) is 0 Å². The van der Waals surface area contributed by atoms with E-state index in [0.717, 1.165) is 0 Å². The number of hydrogen-bond donors (Lipinski definition) is 1. The van der Waals surface area contributed by atoms with Gasteiger partial charge in [-0.3, -0.25) is 9.69 Å². The molecule has 1 amide bonds. The van der Waals surface area contributed by atoms with Crippen molar-refractivity contribution < 1.29 is 9.90 Å². The van der Waals surface area contributed by atoms with E-state index in [1.165, 1.54) is 17.1 Å². The van der Waals surface area contributed by atoms with Crippen molar-refractivity contribution in [2.45, 2.75) is 12.6 Å². The highest BCUT2D eigenvalue weighted by Crippen LogP contribution is 2.27. The Hall–Kier alpha value is -1.61. The number of anilines is 1. The lowest BCUT2D eigenvalue weighted by molar-refractivity contribution is -0.115. The summed E-state index contributed by atoms with van der Waals surface area (Å²) >= 11 is 0. The standard InChI is InChI=1S/C11H11NO2/c1-11(14)8-7-10(13)12(11)9-5-3-2-4-6-9/h2-8,14H,1H3. The topological polar surface area (TPSA) is 40.5 Å². The first kappa shape index (κ1) is 8.97. The van der Waals surface area contributed by atoms with Crippen LogP contribution in [0.4, 0.5) is 5.69 Å². The molecule has 72 valence electrons. The van der Waals surface area contributed by atoms with Gasteiger partial charge >= 0.3 is 0 Å². The van der Waals surface area contributed by atoms with Crippen LogP contribution < -0.4 is 4.90 Å². The van der Waals surface area contributed by atoms with E-state index in [9.17, 15) is 9.90 Å². The molecule has 0 spiro atoms. The van der Waals surface area contributed by atoms with Gasteiger partial charge in [0.15, 0.2) is 5.72 Å². The van der Waals surface area contributed by atoms with Crippen LogP contribution in [0.15, 0.2) is 42.5 Å². The molecule has 0 bridgehead atoms. The molecule has 3 nitrogen and oxygen atoms in total. The molecule has 0 radical (unpaired) electrons. The Bertz CT molecular complexity index is 382. The highest BCUT2D eigenvalue weighted by molar-refractivity contribution is 6.05. The lowest BCUT2D eigenvalue weighted by Gasteiger charge is -2.29. The van der Waals surface area contributed by atoms with Crippen molar-refractivity contribution in [3.05, 3.63) is 42.5 Å². The quantitative estimate of drug-likeness (QED) is 0.723. The van der Waals surface area contributed by atoms with Gasteiger partial charge in [0.1, 0.15) is 0 Å². The molecule has 14 heavy (non-hydrogen) atoms. The van der Waals surface area contributed by atoms with Crippen molar-refractivity contribution in [1.29, 1.82) is 0 Å². The fraction of sp³-hybridized carbons (Fsp3) is 0.182. The Kier molecular flexibility index (Phi) is 1.89. The maximum atomic E-state index is 11.5. The van der Waals surface area contributed by atoms with E-state index in [2.05, 4.69) is 0 Å². The van der Waals surface area contributed by atoms with Gasteiger partial charge in [-0.2, -0.15) is 0 Å². The fourth-order valence-electron chi connectivity index (χ4n) is 1.57. The van der Waals surface area contributed by atoms with E-state index in [1.807, 2.05) is 18.2 Å². The van der Waals surface area contributed by atoms with Crippen LogP contribution in [-0.4, -0.2) is 16.7 Å². The van der Waals surface area contributed by atoms with Crippen molar-refractivity contribution in [1.82, 2.24) is 0 Å². The Labute approximate surface area is 82.3 Å². The van der Waals surface area contributed by atoms with Gasteiger partial charge < -0.3 is 5.11 Å². The van der Waals surface area contributed by atoms with E-state index in [4.69, 9.17) is 0 Å². The van der Waals surface area contributed by atoms with E-state index in [-0.39, 0.29) is 5.91 Å². The van der Waals surface area contributed by atoms with Crippen LogP contribution in [0.2, 0.25) is 0 Å². The normalized spacial score (nSPS) is 25.9. The molecular weight excluding hydrogens is 178 g/mol. The average Bonchev–Trinajstić information content (AvgIpc) is 2.42. The first-order valence-electron chi connectivity index (χ1n) is 4.42.